The smallest absolute Gasteiger partial charge is 0.275 e. The van der Waals surface area contributed by atoms with E-state index >= 15 is 0 Å². The van der Waals surface area contributed by atoms with Crippen LogP contribution in [0.25, 0.3) is 10.8 Å². The Morgan fingerprint density at radius 3 is 1.94 bits per heavy atom. The van der Waals surface area contributed by atoms with Crippen molar-refractivity contribution in [2.75, 3.05) is 33.2 Å². The van der Waals surface area contributed by atoms with Crippen LogP contribution >= 0.6 is 0 Å². The van der Waals surface area contributed by atoms with Gasteiger partial charge < -0.3 is 5.32 Å². The minimum atomic E-state index is -0.298. The van der Waals surface area contributed by atoms with Crippen LogP contribution in [0.4, 0.5) is 0 Å². The molecule has 1 aliphatic rings. The molecule has 0 unspecified atom stereocenters. The Bertz CT molecular complexity index is 1320. The van der Waals surface area contributed by atoms with E-state index in [2.05, 4.69) is 68.7 Å². The normalized spacial score (nSPS) is 14.9. The number of piperazine rings is 1. The summed E-state index contributed by atoms with van der Waals surface area (Å²) >= 11 is 0. The summed E-state index contributed by atoms with van der Waals surface area (Å²) in [6.45, 7) is 3.67. The highest BCUT2D eigenvalue weighted by molar-refractivity contribution is 6.04. The van der Waals surface area contributed by atoms with Gasteiger partial charge in [0.15, 0.2) is 5.69 Å². The van der Waals surface area contributed by atoms with Crippen LogP contribution < -0.4 is 10.9 Å². The van der Waals surface area contributed by atoms with Crippen LogP contribution in [0.15, 0.2) is 89.7 Å². The van der Waals surface area contributed by atoms with E-state index in [0.29, 0.717) is 17.4 Å². The van der Waals surface area contributed by atoms with Gasteiger partial charge in [-0.2, -0.15) is 5.10 Å². The second kappa shape index (κ2) is 10.2. The molecule has 1 fully saturated rings. The van der Waals surface area contributed by atoms with E-state index in [4.69, 9.17) is 0 Å². The summed E-state index contributed by atoms with van der Waals surface area (Å²) in [5.74, 6) is -0.298. The third-order valence-electron chi connectivity index (χ3n) is 6.65. The third-order valence-corrected chi connectivity index (χ3v) is 6.65. The summed E-state index contributed by atoms with van der Waals surface area (Å²) in [6, 6.07) is 28.5. The van der Waals surface area contributed by atoms with Crippen LogP contribution in [0.2, 0.25) is 0 Å². The number of hydrogen-bond donors (Lipinski definition) is 1. The van der Waals surface area contributed by atoms with Gasteiger partial charge in [-0.25, -0.2) is 4.68 Å². The fourth-order valence-corrected chi connectivity index (χ4v) is 4.85. The van der Waals surface area contributed by atoms with E-state index in [1.54, 1.807) is 19.2 Å². The van der Waals surface area contributed by atoms with Crippen molar-refractivity contribution in [2.24, 2.45) is 0 Å². The summed E-state index contributed by atoms with van der Waals surface area (Å²) in [7, 11) is 1.57. The number of aromatic nitrogens is 2. The van der Waals surface area contributed by atoms with E-state index in [9.17, 15) is 9.59 Å². The molecule has 1 N–H and O–H groups in total. The summed E-state index contributed by atoms with van der Waals surface area (Å²) in [5.41, 5.74) is 2.64. The first-order chi connectivity index (χ1) is 17.2. The number of nitrogens with one attached hydrogen (secondary N) is 1. The molecule has 2 heterocycles. The van der Waals surface area contributed by atoms with Crippen molar-refractivity contribution in [3.8, 4) is 0 Å². The van der Waals surface area contributed by atoms with Gasteiger partial charge in [0.2, 0.25) is 0 Å². The monoisotopic (exact) mass is 467 g/mol. The quantitative estimate of drug-likeness (QED) is 0.472. The Labute approximate surface area is 204 Å². The van der Waals surface area contributed by atoms with Crippen LogP contribution in [0.5, 0.6) is 0 Å². The van der Waals surface area contributed by atoms with Gasteiger partial charge >= 0.3 is 0 Å². The van der Waals surface area contributed by atoms with Crippen LogP contribution in [0.1, 0.15) is 27.7 Å². The minimum absolute atomic E-state index is 0.179. The molecule has 0 spiro atoms. The predicted octanol–water partition coefficient (Wildman–Crippen LogP) is 3.12. The number of hydrogen-bond acceptors (Lipinski definition) is 5. The zero-order valence-corrected chi connectivity index (χ0v) is 19.8. The van der Waals surface area contributed by atoms with E-state index in [1.165, 1.54) is 15.8 Å². The minimum Gasteiger partial charge on any atom is -0.354 e. The molecule has 7 nitrogen and oxygen atoms in total. The molecule has 1 aliphatic heterocycles. The molecule has 5 rings (SSSR count). The summed E-state index contributed by atoms with van der Waals surface area (Å²) in [5, 5.41) is 8.17. The molecule has 1 amide bonds. The van der Waals surface area contributed by atoms with Gasteiger partial charge in [0.25, 0.3) is 11.5 Å². The van der Waals surface area contributed by atoms with E-state index in [0.717, 1.165) is 26.2 Å². The van der Waals surface area contributed by atoms with Crippen LogP contribution in [-0.2, 0) is 6.67 Å². The second-order valence-corrected chi connectivity index (χ2v) is 8.80. The Hall–Kier alpha value is -3.81. The van der Waals surface area contributed by atoms with Crippen molar-refractivity contribution in [1.29, 1.82) is 0 Å². The highest BCUT2D eigenvalue weighted by Gasteiger charge is 2.27. The highest BCUT2D eigenvalue weighted by Crippen LogP contribution is 2.29. The maximum atomic E-state index is 13.1. The van der Waals surface area contributed by atoms with E-state index < -0.39 is 0 Å². The Kier molecular flexibility index (Phi) is 6.70. The highest BCUT2D eigenvalue weighted by atomic mass is 16.2. The fraction of sp³-hybridized carbons (Fsp3) is 0.250. The summed E-state index contributed by atoms with van der Waals surface area (Å²) in [6.07, 6.45) is 0. The molecule has 35 heavy (non-hydrogen) atoms. The average molecular weight is 468 g/mol. The maximum absolute atomic E-state index is 13.1. The van der Waals surface area contributed by atoms with Gasteiger partial charge in [-0.3, -0.25) is 19.4 Å². The fourth-order valence-electron chi connectivity index (χ4n) is 4.85. The van der Waals surface area contributed by atoms with Crippen molar-refractivity contribution >= 4 is 16.7 Å². The molecular weight excluding hydrogens is 438 g/mol. The molecule has 0 atom stereocenters. The first-order valence-corrected chi connectivity index (χ1v) is 11.9. The molecular formula is C28H29N5O2. The lowest BCUT2D eigenvalue weighted by atomic mass is 9.96. The van der Waals surface area contributed by atoms with Crippen LogP contribution in [0, 0.1) is 0 Å². The molecule has 0 radical (unpaired) electrons. The molecule has 178 valence electrons. The summed E-state index contributed by atoms with van der Waals surface area (Å²) in [4.78, 5) is 30.3. The van der Waals surface area contributed by atoms with Gasteiger partial charge in [0.1, 0.15) is 0 Å². The largest absolute Gasteiger partial charge is 0.354 e. The lowest BCUT2D eigenvalue weighted by molar-refractivity contribution is 0.0826. The lowest BCUT2D eigenvalue weighted by Crippen LogP contribution is -2.49. The van der Waals surface area contributed by atoms with Gasteiger partial charge in [-0.15, -0.1) is 0 Å². The van der Waals surface area contributed by atoms with E-state index in [1.807, 2.05) is 24.3 Å². The van der Waals surface area contributed by atoms with Gasteiger partial charge in [-0.1, -0.05) is 78.9 Å². The lowest BCUT2D eigenvalue weighted by Gasteiger charge is -2.39. The SMILES string of the molecule is CNC(=O)c1nn(CN2CCN(C(c3ccccc3)c3ccccc3)CC2)c(=O)c2ccccc12. The second-order valence-electron chi connectivity index (χ2n) is 8.80. The number of amides is 1. The van der Waals surface area contributed by atoms with E-state index in [-0.39, 0.29) is 23.2 Å². The number of fused-ring (bicyclic) bond motifs is 1. The number of nitrogens with zero attached hydrogens (tertiary/aromatic N) is 4. The maximum Gasteiger partial charge on any atom is 0.275 e. The summed E-state index contributed by atoms with van der Waals surface area (Å²) < 4.78 is 1.43. The van der Waals surface area contributed by atoms with Gasteiger partial charge in [0, 0.05) is 38.6 Å². The molecule has 1 saturated heterocycles. The number of benzene rings is 3. The zero-order chi connectivity index (χ0) is 24.2. The van der Waals surface area contributed by atoms with Crippen LogP contribution in [-0.4, -0.2) is 58.7 Å². The topological polar surface area (TPSA) is 70.5 Å². The predicted molar refractivity (Wildman–Crippen MR) is 137 cm³/mol. The molecule has 7 heteroatoms. The standard InChI is InChI=1S/C28H29N5O2/c1-29-27(34)25-23-14-8-9-15-24(23)28(35)33(30-25)20-31-16-18-32(19-17-31)26(21-10-4-2-5-11-21)22-12-6-3-7-13-22/h2-15,26H,16-20H2,1H3,(H,29,34). The van der Waals surface area contributed by atoms with Gasteiger partial charge in [0.05, 0.1) is 18.1 Å². The average Bonchev–Trinajstić information content (AvgIpc) is 2.92. The molecule has 0 aliphatic carbocycles. The van der Waals surface area contributed by atoms with Crippen LogP contribution in [0.3, 0.4) is 0 Å². The number of rotatable bonds is 6. The van der Waals surface area contributed by atoms with Crippen molar-refractivity contribution in [3.63, 3.8) is 0 Å². The molecule has 3 aromatic carbocycles. The van der Waals surface area contributed by atoms with Crippen molar-refractivity contribution in [2.45, 2.75) is 12.7 Å². The zero-order valence-electron chi connectivity index (χ0n) is 19.8. The first-order valence-electron chi connectivity index (χ1n) is 11.9. The molecule has 1 aromatic heterocycles. The molecule has 4 aromatic rings. The van der Waals surface area contributed by atoms with Gasteiger partial charge in [-0.05, 0) is 17.2 Å². The number of carbonyl (C=O) groups is 1. The third kappa shape index (κ3) is 4.73. The number of carbonyl (C=O) groups excluding carboxylic acids is 1. The molecule has 0 bridgehead atoms. The Balaban J connectivity index is 1.37. The molecule has 0 saturated carbocycles. The Morgan fingerprint density at radius 1 is 0.829 bits per heavy atom. The van der Waals surface area contributed by atoms with Crippen molar-refractivity contribution < 1.29 is 4.79 Å². The van der Waals surface area contributed by atoms with Crippen molar-refractivity contribution in [3.05, 3.63) is 112 Å². The Morgan fingerprint density at radius 2 is 1.37 bits per heavy atom. The first kappa shape index (κ1) is 23.0. The van der Waals surface area contributed by atoms with Crippen molar-refractivity contribution in [1.82, 2.24) is 24.9 Å².